The summed E-state index contributed by atoms with van der Waals surface area (Å²) in [7, 11) is 0. The maximum atomic E-state index is 10.2. The first kappa shape index (κ1) is 10.1. The molecule has 0 aromatic heterocycles. The highest BCUT2D eigenvalue weighted by Gasteiger charge is 2.11. The molecule has 0 bridgehead atoms. The van der Waals surface area contributed by atoms with E-state index in [1.165, 1.54) is 0 Å². The van der Waals surface area contributed by atoms with Gasteiger partial charge in [0.1, 0.15) is 5.75 Å². The maximum Gasteiger partial charge on any atom is 0.131 e. The minimum absolute atomic E-state index is 0.0265. The minimum Gasteiger partial charge on any atom is -0.507 e. The van der Waals surface area contributed by atoms with E-state index < -0.39 is 0 Å². The van der Waals surface area contributed by atoms with Crippen LogP contribution >= 0.6 is 0 Å². The quantitative estimate of drug-likeness (QED) is 0.623. The molecule has 0 fully saturated rings. The maximum absolute atomic E-state index is 10.2. The first-order chi connectivity index (χ1) is 8.33. The molecular weight excluding hydrogens is 212 g/mol. The highest BCUT2D eigenvalue weighted by Crippen LogP contribution is 2.37. The Morgan fingerprint density at radius 3 is 1.53 bits per heavy atom. The van der Waals surface area contributed by atoms with Crippen LogP contribution in [0.3, 0.4) is 0 Å². The van der Waals surface area contributed by atoms with Crippen LogP contribution in [0.15, 0.2) is 48.5 Å². The molecule has 0 radical (unpaired) electrons. The first-order valence-corrected chi connectivity index (χ1v) is 5.55. The lowest BCUT2D eigenvalue weighted by molar-refractivity contribution is 0.285. The second-order valence-corrected chi connectivity index (χ2v) is 4.08. The third kappa shape index (κ3) is 1.38. The first-order valence-electron chi connectivity index (χ1n) is 5.55. The van der Waals surface area contributed by atoms with Crippen LogP contribution in [0.1, 0.15) is 5.56 Å². The lowest BCUT2D eigenvalue weighted by atomic mass is 9.96. The summed E-state index contributed by atoms with van der Waals surface area (Å²) in [5.41, 5.74) is 0.869. The van der Waals surface area contributed by atoms with Crippen LogP contribution in [0.25, 0.3) is 21.5 Å². The summed E-state index contributed by atoms with van der Waals surface area (Å²) in [6.45, 7) is -0.0265. The number of benzene rings is 3. The number of aliphatic hydroxyl groups is 1. The molecule has 0 saturated heterocycles. The van der Waals surface area contributed by atoms with Crippen LogP contribution in [0.4, 0.5) is 0 Å². The van der Waals surface area contributed by atoms with Crippen molar-refractivity contribution < 1.29 is 10.2 Å². The fourth-order valence-corrected chi connectivity index (χ4v) is 2.37. The van der Waals surface area contributed by atoms with E-state index >= 15 is 0 Å². The molecule has 3 aromatic carbocycles. The molecule has 0 atom stereocenters. The normalized spacial score (nSPS) is 11.1. The van der Waals surface area contributed by atoms with Gasteiger partial charge in [0.05, 0.1) is 6.61 Å². The Hall–Kier alpha value is -2.06. The predicted molar refractivity (Wildman–Crippen MR) is 69.0 cm³/mol. The lowest BCUT2D eigenvalue weighted by Gasteiger charge is -2.11. The van der Waals surface area contributed by atoms with Crippen LogP contribution in [0, 0.1) is 0 Å². The molecule has 2 nitrogen and oxygen atoms in total. The molecule has 0 saturated carbocycles. The number of hydrogen-bond donors (Lipinski definition) is 2. The predicted octanol–water partition coefficient (Wildman–Crippen LogP) is 3.19. The Bertz CT molecular complexity index is 645. The van der Waals surface area contributed by atoms with Gasteiger partial charge in [-0.3, -0.25) is 0 Å². The van der Waals surface area contributed by atoms with Crippen molar-refractivity contribution in [1.82, 2.24) is 0 Å². The molecule has 0 spiro atoms. The summed E-state index contributed by atoms with van der Waals surface area (Å²) in [6.07, 6.45) is 0. The Morgan fingerprint density at radius 1 is 0.706 bits per heavy atom. The zero-order chi connectivity index (χ0) is 11.8. The summed E-state index contributed by atoms with van der Waals surface area (Å²) in [5, 5.41) is 23.2. The van der Waals surface area contributed by atoms with Gasteiger partial charge in [0.2, 0.25) is 0 Å². The van der Waals surface area contributed by atoms with Gasteiger partial charge < -0.3 is 10.2 Å². The monoisotopic (exact) mass is 224 g/mol. The van der Waals surface area contributed by atoms with Gasteiger partial charge in [-0.2, -0.15) is 0 Å². The number of fused-ring (bicyclic) bond motifs is 2. The number of hydrogen-bond acceptors (Lipinski definition) is 2. The van der Waals surface area contributed by atoms with Crippen molar-refractivity contribution in [3.05, 3.63) is 54.1 Å². The molecule has 3 aromatic rings. The summed E-state index contributed by atoms with van der Waals surface area (Å²) < 4.78 is 0. The molecule has 84 valence electrons. The van der Waals surface area contributed by atoms with E-state index in [9.17, 15) is 10.2 Å². The standard InChI is InChI=1S/C15H12O2/c16-9-14-10-5-1-3-7-12(10)15(17)13-8-4-2-6-11(13)14/h1-8,16-17H,9H2. The average Bonchev–Trinajstić information content (AvgIpc) is 2.40. The van der Waals surface area contributed by atoms with Crippen molar-refractivity contribution in [3.8, 4) is 5.75 Å². The van der Waals surface area contributed by atoms with E-state index in [-0.39, 0.29) is 12.4 Å². The fourth-order valence-electron chi connectivity index (χ4n) is 2.37. The van der Waals surface area contributed by atoms with E-state index in [1.807, 2.05) is 48.5 Å². The van der Waals surface area contributed by atoms with Crippen molar-refractivity contribution >= 4 is 21.5 Å². The number of phenolic OH excluding ortho intramolecular Hbond substituents is 1. The molecule has 2 N–H and O–H groups in total. The second-order valence-electron chi connectivity index (χ2n) is 4.08. The average molecular weight is 224 g/mol. The van der Waals surface area contributed by atoms with Gasteiger partial charge in [-0.25, -0.2) is 0 Å². The molecular formula is C15H12O2. The van der Waals surface area contributed by atoms with Crippen molar-refractivity contribution in [3.63, 3.8) is 0 Å². The number of aromatic hydroxyl groups is 1. The van der Waals surface area contributed by atoms with Gasteiger partial charge >= 0.3 is 0 Å². The number of rotatable bonds is 1. The highest BCUT2D eigenvalue weighted by molar-refractivity contribution is 6.08. The smallest absolute Gasteiger partial charge is 0.131 e. The SMILES string of the molecule is OCc1c2ccccc2c(O)c2ccccc12. The molecule has 0 heterocycles. The largest absolute Gasteiger partial charge is 0.507 e. The van der Waals surface area contributed by atoms with E-state index in [1.54, 1.807) is 0 Å². The number of aliphatic hydroxyl groups excluding tert-OH is 1. The highest BCUT2D eigenvalue weighted by atomic mass is 16.3. The topological polar surface area (TPSA) is 40.5 Å². The zero-order valence-electron chi connectivity index (χ0n) is 9.22. The van der Waals surface area contributed by atoms with Crippen LogP contribution in [0.2, 0.25) is 0 Å². The van der Waals surface area contributed by atoms with Gasteiger partial charge in [-0.05, 0) is 16.3 Å². The summed E-state index contributed by atoms with van der Waals surface area (Å²) in [4.78, 5) is 0. The van der Waals surface area contributed by atoms with Gasteiger partial charge in [0.15, 0.2) is 0 Å². The van der Waals surface area contributed by atoms with Gasteiger partial charge in [0, 0.05) is 10.8 Å². The molecule has 0 unspecified atom stereocenters. The molecule has 0 amide bonds. The van der Waals surface area contributed by atoms with Crippen LogP contribution in [-0.2, 0) is 6.61 Å². The molecule has 2 heteroatoms. The Kier molecular flexibility index (Phi) is 2.23. The van der Waals surface area contributed by atoms with Crippen LogP contribution in [-0.4, -0.2) is 10.2 Å². The molecule has 0 aliphatic carbocycles. The molecule has 17 heavy (non-hydrogen) atoms. The van der Waals surface area contributed by atoms with Crippen molar-refractivity contribution in [2.24, 2.45) is 0 Å². The molecule has 3 rings (SSSR count). The molecule has 0 aliphatic rings. The third-order valence-corrected chi connectivity index (χ3v) is 3.17. The second kappa shape index (κ2) is 3.75. The Balaban J connectivity index is 2.63. The van der Waals surface area contributed by atoms with Crippen LogP contribution in [0.5, 0.6) is 5.75 Å². The summed E-state index contributed by atoms with van der Waals surface area (Å²) in [5.74, 6) is 0.286. The zero-order valence-corrected chi connectivity index (χ0v) is 9.22. The van der Waals surface area contributed by atoms with Crippen molar-refractivity contribution in [2.75, 3.05) is 0 Å². The van der Waals surface area contributed by atoms with E-state index in [2.05, 4.69) is 0 Å². The number of phenols is 1. The molecule has 0 aliphatic heterocycles. The van der Waals surface area contributed by atoms with E-state index in [0.717, 1.165) is 27.1 Å². The van der Waals surface area contributed by atoms with Crippen molar-refractivity contribution in [2.45, 2.75) is 6.61 Å². The Morgan fingerprint density at radius 2 is 1.12 bits per heavy atom. The minimum atomic E-state index is -0.0265. The Labute approximate surface area is 98.7 Å². The lowest BCUT2D eigenvalue weighted by Crippen LogP contribution is -1.89. The van der Waals surface area contributed by atoms with Crippen LogP contribution < -0.4 is 0 Å². The summed E-state index contributed by atoms with van der Waals surface area (Å²) >= 11 is 0. The van der Waals surface area contributed by atoms with Gasteiger partial charge in [-0.1, -0.05) is 48.5 Å². The van der Waals surface area contributed by atoms with E-state index in [0.29, 0.717) is 0 Å². The summed E-state index contributed by atoms with van der Waals surface area (Å²) in [6, 6.07) is 15.2. The van der Waals surface area contributed by atoms with Crippen molar-refractivity contribution in [1.29, 1.82) is 0 Å². The third-order valence-electron chi connectivity index (χ3n) is 3.17. The van der Waals surface area contributed by atoms with Gasteiger partial charge in [-0.15, -0.1) is 0 Å². The van der Waals surface area contributed by atoms with Gasteiger partial charge in [0.25, 0.3) is 0 Å². The van der Waals surface area contributed by atoms with E-state index in [4.69, 9.17) is 0 Å². The fraction of sp³-hybridized carbons (Fsp3) is 0.0667.